The zero-order valence-corrected chi connectivity index (χ0v) is 11.7. The third-order valence-corrected chi connectivity index (χ3v) is 3.32. The normalized spacial score (nSPS) is 10.5. The monoisotopic (exact) mass is 258 g/mol. The van der Waals surface area contributed by atoms with Gasteiger partial charge in [0.1, 0.15) is 11.4 Å². The molecule has 0 aliphatic heterocycles. The lowest BCUT2D eigenvalue weighted by molar-refractivity contribution is 0.111. The highest BCUT2D eigenvalue weighted by molar-refractivity contribution is 5.78. The van der Waals surface area contributed by atoms with Crippen LogP contribution in [0.3, 0.4) is 0 Å². The summed E-state index contributed by atoms with van der Waals surface area (Å²) in [4.78, 5) is 11.0. The number of nitrogens with zero attached hydrogens (tertiary/aromatic N) is 2. The van der Waals surface area contributed by atoms with Crippen LogP contribution in [0.25, 0.3) is 11.3 Å². The number of aromatic nitrogens is 2. The Morgan fingerprint density at radius 2 is 1.95 bits per heavy atom. The smallest absolute Gasteiger partial charge is 0.168 e. The van der Waals surface area contributed by atoms with Crippen LogP contribution in [0.5, 0.6) is 5.75 Å². The fraction of sp³-hybridized carbons (Fsp3) is 0.333. The predicted molar refractivity (Wildman–Crippen MR) is 74.8 cm³/mol. The molecule has 0 aliphatic carbocycles. The van der Waals surface area contributed by atoms with Crippen molar-refractivity contribution in [2.75, 3.05) is 7.11 Å². The second-order valence-corrected chi connectivity index (χ2v) is 4.52. The first kappa shape index (κ1) is 13.3. The lowest BCUT2D eigenvalue weighted by Gasteiger charge is -2.10. The van der Waals surface area contributed by atoms with Crippen molar-refractivity contribution in [2.45, 2.75) is 27.3 Å². The molecule has 0 bridgehead atoms. The number of carbonyl (C=O) groups is 1. The molecule has 1 aromatic heterocycles. The predicted octanol–water partition coefficient (Wildman–Crippen LogP) is 3.01. The zero-order chi connectivity index (χ0) is 14.0. The summed E-state index contributed by atoms with van der Waals surface area (Å²) in [6.07, 6.45) is 0.827. The molecule has 0 radical (unpaired) electrons. The summed E-state index contributed by atoms with van der Waals surface area (Å²) >= 11 is 0. The van der Waals surface area contributed by atoms with Crippen molar-refractivity contribution in [1.29, 1.82) is 0 Å². The molecule has 4 heteroatoms. The summed E-state index contributed by atoms with van der Waals surface area (Å²) in [7, 11) is 1.64. The third-order valence-electron chi connectivity index (χ3n) is 3.32. The molecular formula is C15H18N2O2. The Morgan fingerprint density at radius 3 is 2.47 bits per heavy atom. The summed E-state index contributed by atoms with van der Waals surface area (Å²) in [6.45, 7) is 6.72. The van der Waals surface area contributed by atoms with Crippen LogP contribution < -0.4 is 4.74 Å². The minimum atomic E-state index is 0.581. The van der Waals surface area contributed by atoms with Crippen molar-refractivity contribution in [3.8, 4) is 17.0 Å². The van der Waals surface area contributed by atoms with E-state index in [1.165, 1.54) is 11.1 Å². The molecule has 0 aliphatic rings. The van der Waals surface area contributed by atoms with E-state index in [1.54, 1.807) is 17.9 Å². The van der Waals surface area contributed by atoms with Crippen LogP contribution in [0.1, 0.15) is 28.5 Å². The van der Waals surface area contributed by atoms with Gasteiger partial charge >= 0.3 is 0 Å². The Kier molecular flexibility index (Phi) is 3.69. The number of carbonyl (C=O) groups excluding carboxylic acids is 1. The lowest BCUT2D eigenvalue weighted by Crippen LogP contribution is -2.01. The molecule has 0 fully saturated rings. The van der Waals surface area contributed by atoms with Gasteiger partial charge in [0, 0.05) is 12.1 Å². The van der Waals surface area contributed by atoms with E-state index in [0.29, 0.717) is 12.2 Å². The topological polar surface area (TPSA) is 44.1 Å². The second kappa shape index (κ2) is 5.26. The zero-order valence-electron chi connectivity index (χ0n) is 11.7. The SMILES string of the molecule is CCn1nc(-c2cc(C)c(C)cc2OC)cc1C=O. The molecule has 1 heterocycles. The fourth-order valence-electron chi connectivity index (χ4n) is 2.07. The maximum Gasteiger partial charge on any atom is 0.168 e. The standard InChI is InChI=1S/C15H18N2O2/c1-5-17-12(9-18)8-14(16-17)13-6-10(2)11(3)7-15(13)19-4/h6-9H,5H2,1-4H3. The Morgan fingerprint density at radius 1 is 1.26 bits per heavy atom. The van der Waals surface area contributed by atoms with E-state index < -0.39 is 0 Å². The molecule has 0 amide bonds. The van der Waals surface area contributed by atoms with Crippen LogP contribution in [0.15, 0.2) is 18.2 Å². The number of benzene rings is 1. The number of rotatable bonds is 4. The Hall–Kier alpha value is -2.10. The maximum absolute atomic E-state index is 11.0. The average Bonchev–Trinajstić information content (AvgIpc) is 2.84. The third kappa shape index (κ3) is 2.38. The number of methoxy groups -OCH3 is 1. The number of ether oxygens (including phenoxy) is 1. The summed E-state index contributed by atoms with van der Waals surface area (Å²) < 4.78 is 7.11. The average molecular weight is 258 g/mol. The van der Waals surface area contributed by atoms with E-state index >= 15 is 0 Å². The number of aldehydes is 1. The lowest BCUT2D eigenvalue weighted by atomic mass is 10.0. The second-order valence-electron chi connectivity index (χ2n) is 4.52. The van der Waals surface area contributed by atoms with Gasteiger partial charge in [-0.15, -0.1) is 0 Å². The first-order chi connectivity index (χ1) is 9.10. The Labute approximate surface area is 113 Å². The van der Waals surface area contributed by atoms with E-state index in [1.807, 2.05) is 26.0 Å². The van der Waals surface area contributed by atoms with Gasteiger partial charge in [-0.1, -0.05) is 0 Å². The summed E-state index contributed by atoms with van der Waals surface area (Å²) in [6, 6.07) is 5.84. The largest absolute Gasteiger partial charge is 0.496 e. The van der Waals surface area contributed by atoms with Gasteiger partial charge in [-0.2, -0.15) is 5.10 Å². The van der Waals surface area contributed by atoms with E-state index in [9.17, 15) is 4.79 Å². The molecule has 100 valence electrons. The molecule has 0 unspecified atom stereocenters. The molecule has 4 nitrogen and oxygen atoms in total. The van der Waals surface area contributed by atoms with Gasteiger partial charge in [0.15, 0.2) is 6.29 Å². The maximum atomic E-state index is 11.0. The van der Waals surface area contributed by atoms with Crippen molar-refractivity contribution in [3.05, 3.63) is 35.0 Å². The molecule has 0 atom stereocenters. The van der Waals surface area contributed by atoms with E-state index in [4.69, 9.17) is 4.74 Å². The first-order valence-electron chi connectivity index (χ1n) is 6.29. The van der Waals surface area contributed by atoms with Crippen LogP contribution in [0.2, 0.25) is 0 Å². The molecule has 19 heavy (non-hydrogen) atoms. The van der Waals surface area contributed by atoms with Gasteiger partial charge in [-0.05, 0) is 50.1 Å². The number of hydrogen-bond acceptors (Lipinski definition) is 3. The summed E-state index contributed by atoms with van der Waals surface area (Å²) in [5, 5.41) is 4.45. The highest BCUT2D eigenvalue weighted by Crippen LogP contribution is 2.32. The highest BCUT2D eigenvalue weighted by atomic mass is 16.5. The van der Waals surface area contributed by atoms with Gasteiger partial charge in [-0.25, -0.2) is 0 Å². The molecule has 0 spiro atoms. The molecule has 1 aromatic carbocycles. The molecule has 0 N–H and O–H groups in total. The van der Waals surface area contributed by atoms with Crippen LogP contribution >= 0.6 is 0 Å². The van der Waals surface area contributed by atoms with Crippen LogP contribution in [0, 0.1) is 13.8 Å². The molecular weight excluding hydrogens is 240 g/mol. The van der Waals surface area contributed by atoms with Gasteiger partial charge in [-0.3, -0.25) is 9.48 Å². The van der Waals surface area contributed by atoms with Crippen LogP contribution in [-0.2, 0) is 6.54 Å². The Bertz CT molecular complexity index is 615. The first-order valence-corrected chi connectivity index (χ1v) is 6.29. The van der Waals surface area contributed by atoms with Crippen LogP contribution in [-0.4, -0.2) is 23.2 Å². The minimum Gasteiger partial charge on any atom is -0.496 e. The van der Waals surface area contributed by atoms with Gasteiger partial charge in [0.2, 0.25) is 0 Å². The van der Waals surface area contributed by atoms with Crippen molar-refractivity contribution in [1.82, 2.24) is 9.78 Å². The molecule has 2 rings (SSSR count). The van der Waals surface area contributed by atoms with Crippen molar-refractivity contribution >= 4 is 6.29 Å². The van der Waals surface area contributed by atoms with Crippen molar-refractivity contribution < 1.29 is 9.53 Å². The van der Waals surface area contributed by atoms with Crippen LogP contribution in [0.4, 0.5) is 0 Å². The number of hydrogen-bond donors (Lipinski definition) is 0. The fourth-order valence-corrected chi connectivity index (χ4v) is 2.07. The van der Waals surface area contributed by atoms with Gasteiger partial charge < -0.3 is 4.74 Å². The van der Waals surface area contributed by atoms with E-state index in [2.05, 4.69) is 12.0 Å². The highest BCUT2D eigenvalue weighted by Gasteiger charge is 2.13. The van der Waals surface area contributed by atoms with Crippen molar-refractivity contribution in [3.63, 3.8) is 0 Å². The van der Waals surface area contributed by atoms with Gasteiger partial charge in [0.25, 0.3) is 0 Å². The van der Waals surface area contributed by atoms with Gasteiger partial charge in [0.05, 0.1) is 12.8 Å². The Balaban J connectivity index is 2.60. The van der Waals surface area contributed by atoms with Crippen molar-refractivity contribution in [2.24, 2.45) is 0 Å². The van der Waals surface area contributed by atoms with E-state index in [0.717, 1.165) is 23.3 Å². The quantitative estimate of drug-likeness (QED) is 0.792. The molecule has 0 saturated carbocycles. The summed E-state index contributed by atoms with van der Waals surface area (Å²) in [5.74, 6) is 0.779. The summed E-state index contributed by atoms with van der Waals surface area (Å²) in [5.41, 5.74) is 4.61. The minimum absolute atomic E-state index is 0.581. The molecule has 2 aromatic rings. The number of aryl methyl sites for hydroxylation is 3. The molecule has 0 saturated heterocycles. The van der Waals surface area contributed by atoms with E-state index in [-0.39, 0.29) is 0 Å².